The first kappa shape index (κ1) is 21.1. The maximum absolute atomic E-state index is 6.03. The van der Waals surface area contributed by atoms with Gasteiger partial charge in [-0.3, -0.25) is 9.80 Å². The standard InChI is InChI=1S/C29H29N3O2/c1-21-2-4-22(5-3-21)17-31-19-26-16-25(31)20-32(26)18-23-6-10-27(11-7-23)34-28-12-8-24(9-13-28)29-30-14-15-33-29/h2-15,25-26H,16-20H2,1H3/t25-,26-/m0/s1. The van der Waals surface area contributed by atoms with Crippen LogP contribution in [0.2, 0.25) is 0 Å². The maximum Gasteiger partial charge on any atom is 0.225 e. The van der Waals surface area contributed by atoms with Crippen LogP contribution in [0.15, 0.2) is 89.7 Å². The molecule has 4 aromatic rings. The van der Waals surface area contributed by atoms with E-state index in [1.54, 1.807) is 12.5 Å². The molecule has 0 radical (unpaired) electrons. The highest BCUT2D eigenvalue weighted by molar-refractivity contribution is 5.54. The zero-order valence-electron chi connectivity index (χ0n) is 19.4. The zero-order valence-corrected chi connectivity index (χ0v) is 19.4. The van der Waals surface area contributed by atoms with Crippen LogP contribution >= 0.6 is 0 Å². The van der Waals surface area contributed by atoms with E-state index in [1.165, 1.54) is 29.7 Å². The van der Waals surface area contributed by atoms with Crippen LogP contribution in [0.4, 0.5) is 0 Å². The fourth-order valence-electron chi connectivity index (χ4n) is 5.21. The second kappa shape index (κ2) is 9.09. The first-order chi connectivity index (χ1) is 16.7. The third-order valence-corrected chi connectivity index (χ3v) is 7.05. The summed E-state index contributed by atoms with van der Waals surface area (Å²) in [7, 11) is 0. The Balaban J connectivity index is 1.02. The maximum atomic E-state index is 6.03. The van der Waals surface area contributed by atoms with Gasteiger partial charge in [0.05, 0.1) is 6.20 Å². The van der Waals surface area contributed by atoms with Crippen molar-refractivity contribution in [1.29, 1.82) is 0 Å². The van der Waals surface area contributed by atoms with Gasteiger partial charge in [-0.15, -0.1) is 0 Å². The second-order valence-electron chi connectivity index (χ2n) is 9.50. The Morgan fingerprint density at radius 1 is 0.794 bits per heavy atom. The molecule has 0 unspecified atom stereocenters. The quantitative estimate of drug-likeness (QED) is 0.350. The van der Waals surface area contributed by atoms with Crippen LogP contribution in [0.3, 0.4) is 0 Å². The predicted octanol–water partition coefficient (Wildman–Crippen LogP) is 5.90. The van der Waals surface area contributed by atoms with E-state index in [-0.39, 0.29) is 0 Å². The number of aryl methyl sites for hydroxylation is 1. The minimum Gasteiger partial charge on any atom is -0.457 e. The summed E-state index contributed by atoms with van der Waals surface area (Å²) in [5, 5.41) is 0. The minimum atomic E-state index is 0.616. The van der Waals surface area contributed by atoms with Crippen LogP contribution in [0, 0.1) is 6.92 Å². The fraction of sp³-hybridized carbons (Fsp3) is 0.276. The Kier molecular flexibility index (Phi) is 5.65. The minimum absolute atomic E-state index is 0.616. The van der Waals surface area contributed by atoms with Gasteiger partial charge in [-0.2, -0.15) is 0 Å². The Bertz CT molecular complexity index is 1220. The molecule has 5 heteroatoms. The smallest absolute Gasteiger partial charge is 0.225 e. The van der Waals surface area contributed by atoms with E-state index in [1.807, 2.05) is 24.3 Å². The number of rotatable bonds is 7. The van der Waals surface area contributed by atoms with Gasteiger partial charge < -0.3 is 9.15 Å². The summed E-state index contributed by atoms with van der Waals surface area (Å²) < 4.78 is 11.4. The van der Waals surface area contributed by atoms with Crippen molar-refractivity contribution in [2.75, 3.05) is 13.1 Å². The van der Waals surface area contributed by atoms with Crippen molar-refractivity contribution in [3.63, 3.8) is 0 Å². The monoisotopic (exact) mass is 451 g/mol. The lowest BCUT2D eigenvalue weighted by atomic mass is 10.1. The lowest BCUT2D eigenvalue weighted by Crippen LogP contribution is -2.45. The van der Waals surface area contributed by atoms with Gasteiger partial charge in [0.1, 0.15) is 17.8 Å². The number of hydrogen-bond acceptors (Lipinski definition) is 5. The largest absolute Gasteiger partial charge is 0.457 e. The molecule has 0 N–H and O–H groups in total. The highest BCUT2D eigenvalue weighted by Gasteiger charge is 2.42. The molecule has 1 aromatic heterocycles. The summed E-state index contributed by atoms with van der Waals surface area (Å²) in [5.74, 6) is 2.26. The highest BCUT2D eigenvalue weighted by atomic mass is 16.5. The van der Waals surface area contributed by atoms with Gasteiger partial charge >= 0.3 is 0 Å². The average Bonchev–Trinajstić information content (AvgIpc) is 3.61. The molecular formula is C29H29N3O2. The predicted molar refractivity (Wildman–Crippen MR) is 133 cm³/mol. The van der Waals surface area contributed by atoms with Gasteiger partial charge in [-0.05, 0) is 60.9 Å². The van der Waals surface area contributed by atoms with Crippen molar-refractivity contribution in [1.82, 2.24) is 14.8 Å². The van der Waals surface area contributed by atoms with Crippen LogP contribution in [0.5, 0.6) is 11.5 Å². The summed E-state index contributed by atoms with van der Waals surface area (Å²) >= 11 is 0. The van der Waals surface area contributed by atoms with Gasteiger partial charge in [0, 0.05) is 43.8 Å². The van der Waals surface area contributed by atoms with Crippen molar-refractivity contribution >= 4 is 0 Å². The molecular weight excluding hydrogens is 422 g/mol. The molecule has 0 aliphatic carbocycles. The summed E-state index contributed by atoms with van der Waals surface area (Å²) in [6.07, 6.45) is 4.52. The van der Waals surface area contributed by atoms with E-state index in [0.717, 1.165) is 36.7 Å². The normalized spacial score (nSPS) is 20.1. The van der Waals surface area contributed by atoms with Crippen LogP contribution in [-0.2, 0) is 13.1 Å². The molecule has 2 atom stereocenters. The fourth-order valence-corrected chi connectivity index (χ4v) is 5.21. The molecule has 3 heterocycles. The summed E-state index contributed by atoms with van der Waals surface area (Å²) in [4.78, 5) is 9.49. The van der Waals surface area contributed by atoms with E-state index < -0.39 is 0 Å². The second-order valence-corrected chi connectivity index (χ2v) is 9.50. The van der Waals surface area contributed by atoms with E-state index in [9.17, 15) is 0 Å². The zero-order chi connectivity index (χ0) is 22.9. The number of fused-ring (bicyclic) bond motifs is 2. The molecule has 172 valence electrons. The van der Waals surface area contributed by atoms with Crippen molar-refractivity contribution < 1.29 is 9.15 Å². The highest BCUT2D eigenvalue weighted by Crippen LogP contribution is 2.33. The van der Waals surface area contributed by atoms with Gasteiger partial charge in [0.15, 0.2) is 0 Å². The Morgan fingerprint density at radius 3 is 1.88 bits per heavy atom. The SMILES string of the molecule is Cc1ccc(CN2C[C@@H]3C[C@H]2CN3Cc2ccc(Oc3ccc(-c4ncco4)cc3)cc2)cc1. The summed E-state index contributed by atoms with van der Waals surface area (Å²) in [5.41, 5.74) is 5.02. The van der Waals surface area contributed by atoms with Crippen molar-refractivity contribution in [2.24, 2.45) is 0 Å². The topological polar surface area (TPSA) is 41.7 Å². The van der Waals surface area contributed by atoms with Crippen LogP contribution in [0.25, 0.3) is 11.5 Å². The molecule has 5 nitrogen and oxygen atoms in total. The van der Waals surface area contributed by atoms with Gasteiger partial charge in [0.25, 0.3) is 0 Å². The van der Waals surface area contributed by atoms with E-state index >= 15 is 0 Å². The van der Waals surface area contributed by atoms with Gasteiger partial charge in [-0.1, -0.05) is 42.0 Å². The molecule has 2 fully saturated rings. The van der Waals surface area contributed by atoms with Crippen molar-refractivity contribution in [3.05, 3.63) is 102 Å². The molecule has 0 spiro atoms. The van der Waals surface area contributed by atoms with Gasteiger partial charge in [-0.25, -0.2) is 4.98 Å². The summed E-state index contributed by atoms with van der Waals surface area (Å²) in [6, 6.07) is 26.6. The van der Waals surface area contributed by atoms with E-state index in [4.69, 9.17) is 9.15 Å². The Hall–Kier alpha value is -3.41. The number of benzene rings is 3. The number of nitrogens with zero attached hydrogens (tertiary/aromatic N) is 3. The molecule has 2 saturated heterocycles. The Morgan fingerprint density at radius 2 is 1.35 bits per heavy atom. The van der Waals surface area contributed by atoms with E-state index in [2.05, 4.69) is 70.2 Å². The number of aromatic nitrogens is 1. The first-order valence-corrected chi connectivity index (χ1v) is 12.0. The average molecular weight is 452 g/mol. The number of likely N-dealkylation sites (tertiary alicyclic amines) is 2. The molecule has 6 rings (SSSR count). The molecule has 2 bridgehead atoms. The summed E-state index contributed by atoms with van der Waals surface area (Å²) in [6.45, 7) is 6.55. The molecule has 0 amide bonds. The molecule has 34 heavy (non-hydrogen) atoms. The van der Waals surface area contributed by atoms with Crippen LogP contribution in [0.1, 0.15) is 23.1 Å². The van der Waals surface area contributed by atoms with E-state index in [0.29, 0.717) is 18.0 Å². The lowest BCUT2D eigenvalue weighted by Gasteiger charge is -2.34. The van der Waals surface area contributed by atoms with Crippen LogP contribution in [-0.4, -0.2) is 40.0 Å². The molecule has 2 aliphatic rings. The number of hydrogen-bond donors (Lipinski definition) is 0. The lowest BCUT2D eigenvalue weighted by molar-refractivity contribution is 0.118. The van der Waals surface area contributed by atoms with Crippen molar-refractivity contribution in [3.8, 4) is 23.0 Å². The van der Waals surface area contributed by atoms with Crippen LogP contribution < -0.4 is 4.74 Å². The molecule has 0 saturated carbocycles. The number of ether oxygens (including phenoxy) is 1. The Labute approximate surface area is 200 Å². The van der Waals surface area contributed by atoms with Gasteiger partial charge in [0.2, 0.25) is 5.89 Å². The van der Waals surface area contributed by atoms with Crippen molar-refractivity contribution in [2.45, 2.75) is 38.5 Å². The number of oxazole rings is 1. The molecule has 3 aromatic carbocycles. The molecule has 2 aliphatic heterocycles. The number of piperazine rings is 1. The third-order valence-electron chi connectivity index (χ3n) is 7.05. The third kappa shape index (κ3) is 4.49. The first-order valence-electron chi connectivity index (χ1n) is 12.0.